The highest BCUT2D eigenvalue weighted by Gasteiger charge is 2.13. The van der Waals surface area contributed by atoms with Crippen LogP contribution in [0.15, 0.2) is 54.6 Å². The van der Waals surface area contributed by atoms with Crippen molar-refractivity contribution in [2.24, 2.45) is 0 Å². The molecule has 2 amide bonds. The Morgan fingerprint density at radius 3 is 2.06 bits per heavy atom. The first-order valence-electron chi connectivity index (χ1n) is 11.5. The van der Waals surface area contributed by atoms with Crippen molar-refractivity contribution < 1.29 is 14.3 Å². The van der Waals surface area contributed by atoms with Crippen LogP contribution in [0.25, 0.3) is 11.4 Å². The van der Waals surface area contributed by atoms with E-state index in [-0.39, 0.29) is 18.2 Å². The summed E-state index contributed by atoms with van der Waals surface area (Å²) in [5.74, 6) is 2.49. The van der Waals surface area contributed by atoms with Gasteiger partial charge in [-0.05, 0) is 13.0 Å². The number of hydrogen-bond acceptors (Lipinski definition) is 7. The normalized spacial score (nSPS) is 10.4. The molecule has 0 aliphatic heterocycles. The lowest BCUT2D eigenvalue weighted by atomic mass is 10.1. The van der Waals surface area contributed by atoms with Crippen molar-refractivity contribution in [2.75, 3.05) is 43.9 Å². The van der Waals surface area contributed by atoms with Gasteiger partial charge in [0.05, 0.1) is 13.5 Å². The third-order valence-corrected chi connectivity index (χ3v) is 5.25. The van der Waals surface area contributed by atoms with Crippen molar-refractivity contribution in [1.29, 1.82) is 0 Å². The first-order chi connectivity index (χ1) is 17.0. The zero-order valence-electron chi connectivity index (χ0n) is 20.4. The molecule has 0 radical (unpaired) electrons. The number of para-hydroxylation sites is 1. The second kappa shape index (κ2) is 12.9. The molecular weight excluding hydrogens is 444 g/mol. The van der Waals surface area contributed by atoms with Crippen molar-refractivity contribution in [3.8, 4) is 17.1 Å². The molecule has 3 rings (SSSR count). The monoisotopic (exact) mass is 476 g/mol. The second-order valence-corrected chi connectivity index (χ2v) is 7.91. The van der Waals surface area contributed by atoms with Crippen LogP contribution in [0.4, 0.5) is 11.6 Å². The maximum atomic E-state index is 12.4. The molecule has 1 aromatic heterocycles. The number of nitrogens with one attached hydrogen (secondary N) is 4. The number of ether oxygens (including phenoxy) is 1. The van der Waals surface area contributed by atoms with Gasteiger partial charge in [-0.25, -0.2) is 9.97 Å². The minimum atomic E-state index is -0.0824. The van der Waals surface area contributed by atoms with Gasteiger partial charge in [0.1, 0.15) is 17.4 Å². The minimum absolute atomic E-state index is 0.0775. The maximum absolute atomic E-state index is 12.4. The van der Waals surface area contributed by atoms with Gasteiger partial charge in [0, 0.05) is 49.8 Å². The fourth-order valence-electron chi connectivity index (χ4n) is 3.46. The molecule has 2 aromatic carbocycles. The summed E-state index contributed by atoms with van der Waals surface area (Å²) in [4.78, 5) is 32.9. The van der Waals surface area contributed by atoms with E-state index in [0.717, 1.165) is 16.7 Å². The Hall–Kier alpha value is -4.14. The van der Waals surface area contributed by atoms with Crippen LogP contribution >= 0.6 is 0 Å². The van der Waals surface area contributed by atoms with E-state index in [1.54, 1.807) is 7.11 Å². The zero-order chi connectivity index (χ0) is 25.0. The Kier molecular flexibility index (Phi) is 9.41. The van der Waals surface area contributed by atoms with E-state index in [0.29, 0.717) is 49.4 Å². The summed E-state index contributed by atoms with van der Waals surface area (Å²) in [7, 11) is 1.59. The highest BCUT2D eigenvalue weighted by atomic mass is 16.5. The second-order valence-electron chi connectivity index (χ2n) is 7.91. The smallest absolute Gasteiger partial charge is 0.224 e. The summed E-state index contributed by atoms with van der Waals surface area (Å²) in [5, 5.41) is 12.3. The van der Waals surface area contributed by atoms with Crippen LogP contribution in [0.3, 0.4) is 0 Å². The molecule has 9 nitrogen and oxygen atoms in total. The van der Waals surface area contributed by atoms with Crippen molar-refractivity contribution in [1.82, 2.24) is 20.6 Å². The van der Waals surface area contributed by atoms with E-state index in [2.05, 4.69) is 26.3 Å². The predicted molar refractivity (Wildman–Crippen MR) is 138 cm³/mol. The maximum Gasteiger partial charge on any atom is 0.224 e. The van der Waals surface area contributed by atoms with Crippen LogP contribution in [0.2, 0.25) is 0 Å². The lowest BCUT2D eigenvalue weighted by Crippen LogP contribution is -2.30. The van der Waals surface area contributed by atoms with Gasteiger partial charge < -0.3 is 26.0 Å². The standard InChI is InChI=1S/C26H32N6O3/c1-18-24(29-15-13-27-19(2)33)31-26(20-9-5-4-6-10-20)32-25(18)30-16-14-28-23(34)17-21-11-7-8-12-22(21)35-3/h4-12H,13-17H2,1-3H3,(H,27,33)(H,28,34)(H2,29,30,31,32). The number of nitrogens with zero attached hydrogens (tertiary/aromatic N) is 2. The number of anilines is 2. The van der Waals surface area contributed by atoms with Gasteiger partial charge in [-0.15, -0.1) is 0 Å². The molecule has 0 aliphatic carbocycles. The Morgan fingerprint density at radius 2 is 1.43 bits per heavy atom. The first-order valence-corrected chi connectivity index (χ1v) is 11.5. The van der Waals surface area contributed by atoms with Crippen LogP contribution in [0.1, 0.15) is 18.1 Å². The molecule has 9 heteroatoms. The molecule has 184 valence electrons. The number of carbonyl (C=O) groups is 2. The van der Waals surface area contributed by atoms with Crippen molar-refractivity contribution >= 4 is 23.5 Å². The number of amides is 2. The molecule has 1 heterocycles. The van der Waals surface area contributed by atoms with Gasteiger partial charge in [0.25, 0.3) is 0 Å². The molecule has 0 unspecified atom stereocenters. The largest absolute Gasteiger partial charge is 0.496 e. The van der Waals surface area contributed by atoms with Gasteiger partial charge in [0.2, 0.25) is 11.8 Å². The average molecular weight is 477 g/mol. The van der Waals surface area contributed by atoms with Crippen molar-refractivity contribution in [2.45, 2.75) is 20.3 Å². The topological polar surface area (TPSA) is 117 Å². The highest BCUT2D eigenvalue weighted by Crippen LogP contribution is 2.25. The minimum Gasteiger partial charge on any atom is -0.496 e. The van der Waals surface area contributed by atoms with E-state index >= 15 is 0 Å². The number of carbonyl (C=O) groups excluding carboxylic acids is 2. The van der Waals surface area contributed by atoms with Gasteiger partial charge in [-0.2, -0.15) is 0 Å². The first kappa shape index (κ1) is 25.5. The number of rotatable bonds is 12. The molecule has 3 aromatic rings. The van der Waals surface area contributed by atoms with Gasteiger partial charge in [0.15, 0.2) is 5.82 Å². The number of benzene rings is 2. The van der Waals surface area contributed by atoms with E-state index in [1.165, 1.54) is 6.92 Å². The van der Waals surface area contributed by atoms with E-state index < -0.39 is 0 Å². The van der Waals surface area contributed by atoms with Crippen LogP contribution < -0.4 is 26.0 Å². The fourth-order valence-corrected chi connectivity index (χ4v) is 3.46. The van der Waals surface area contributed by atoms with Crippen LogP contribution in [-0.4, -0.2) is 55.1 Å². The highest BCUT2D eigenvalue weighted by molar-refractivity contribution is 5.79. The van der Waals surface area contributed by atoms with Crippen LogP contribution in [0, 0.1) is 6.92 Å². The van der Waals surface area contributed by atoms with Crippen molar-refractivity contribution in [3.63, 3.8) is 0 Å². The van der Waals surface area contributed by atoms with Gasteiger partial charge in [-0.1, -0.05) is 48.5 Å². The summed E-state index contributed by atoms with van der Waals surface area (Å²) >= 11 is 0. The summed E-state index contributed by atoms with van der Waals surface area (Å²) in [6.45, 7) is 5.36. The molecule has 35 heavy (non-hydrogen) atoms. The fraction of sp³-hybridized carbons (Fsp3) is 0.308. The Balaban J connectivity index is 1.63. The molecule has 4 N–H and O–H groups in total. The van der Waals surface area contributed by atoms with E-state index in [1.807, 2.05) is 61.5 Å². The van der Waals surface area contributed by atoms with E-state index in [9.17, 15) is 9.59 Å². The Labute approximate surface area is 205 Å². The summed E-state index contributed by atoms with van der Waals surface area (Å²) in [6.07, 6.45) is 0.247. The van der Waals surface area contributed by atoms with Crippen LogP contribution in [0.5, 0.6) is 5.75 Å². The third-order valence-electron chi connectivity index (χ3n) is 5.25. The van der Waals surface area contributed by atoms with Gasteiger partial charge >= 0.3 is 0 Å². The van der Waals surface area contributed by atoms with Gasteiger partial charge in [-0.3, -0.25) is 9.59 Å². The Bertz CT molecular complexity index is 1140. The molecule has 0 spiro atoms. The molecular formula is C26H32N6O3. The predicted octanol–water partition coefficient (Wildman–Crippen LogP) is 2.78. The zero-order valence-corrected chi connectivity index (χ0v) is 20.4. The SMILES string of the molecule is COc1ccccc1CC(=O)NCCNc1nc(-c2ccccc2)nc(NCCNC(C)=O)c1C. The summed E-state index contributed by atoms with van der Waals surface area (Å²) < 4.78 is 5.32. The molecule has 0 atom stereocenters. The number of methoxy groups -OCH3 is 1. The summed E-state index contributed by atoms with van der Waals surface area (Å²) in [5.41, 5.74) is 2.59. The molecule has 0 saturated heterocycles. The summed E-state index contributed by atoms with van der Waals surface area (Å²) in [6, 6.07) is 17.2. The third kappa shape index (κ3) is 7.70. The lowest BCUT2D eigenvalue weighted by Gasteiger charge is -2.16. The molecule has 0 aliphatic rings. The number of aromatic nitrogens is 2. The Morgan fingerprint density at radius 1 is 0.829 bits per heavy atom. The quantitative estimate of drug-likeness (QED) is 0.297. The average Bonchev–Trinajstić information content (AvgIpc) is 2.86. The lowest BCUT2D eigenvalue weighted by molar-refractivity contribution is -0.120. The van der Waals surface area contributed by atoms with Crippen molar-refractivity contribution in [3.05, 3.63) is 65.7 Å². The number of hydrogen-bond donors (Lipinski definition) is 4. The van der Waals surface area contributed by atoms with E-state index in [4.69, 9.17) is 9.72 Å². The molecule has 0 saturated carbocycles. The van der Waals surface area contributed by atoms with Crippen LogP contribution in [-0.2, 0) is 16.0 Å². The molecule has 0 fully saturated rings. The molecule has 0 bridgehead atoms.